The third-order valence-electron chi connectivity index (χ3n) is 12.8. The predicted molar refractivity (Wildman–Crippen MR) is 292 cm³/mol. The number of hydrogen-bond donors (Lipinski definition) is 9. The number of hydrogen-bond acceptors (Lipinski definition) is 19. The normalized spacial score (nSPS) is 16.8. The van der Waals surface area contributed by atoms with Crippen LogP contribution in [0, 0.1) is 26.1 Å². The topological polar surface area (TPSA) is 339 Å². The van der Waals surface area contributed by atoms with Crippen LogP contribution in [-0.4, -0.2) is 82.0 Å². The van der Waals surface area contributed by atoms with Gasteiger partial charge in [-0.3, -0.25) is 20.2 Å². The van der Waals surface area contributed by atoms with Gasteiger partial charge in [0, 0.05) is 77.3 Å². The summed E-state index contributed by atoms with van der Waals surface area (Å²) in [5.41, 5.74) is 7.40. The van der Waals surface area contributed by atoms with E-state index >= 15 is 0 Å². The van der Waals surface area contributed by atoms with Crippen LogP contribution in [0.4, 0.5) is 34.1 Å². The summed E-state index contributed by atoms with van der Waals surface area (Å²) < 4.78 is 12.2. The molecule has 2 atom stereocenters. The van der Waals surface area contributed by atoms with Gasteiger partial charge in [0.15, 0.2) is 5.54 Å². The van der Waals surface area contributed by atoms with Gasteiger partial charge in [-0.05, 0) is 116 Å². The molecule has 4 aliphatic rings. The quantitative estimate of drug-likeness (QED) is 0.0268. The molecule has 0 saturated heterocycles. The third-order valence-corrected chi connectivity index (χ3v) is 12.8. The smallest absolute Gasteiger partial charge is 0.338 e. The summed E-state index contributed by atoms with van der Waals surface area (Å²) in [5.74, 6) is -1.41. The van der Waals surface area contributed by atoms with Gasteiger partial charge in [-0.2, -0.15) is 0 Å². The molecule has 9 N–H and O–H groups in total. The summed E-state index contributed by atoms with van der Waals surface area (Å²) in [7, 11) is 0. The van der Waals surface area contributed by atoms with Crippen LogP contribution in [0.2, 0.25) is 0 Å². The molecule has 6 aromatic rings. The van der Waals surface area contributed by atoms with Gasteiger partial charge in [-0.1, -0.05) is 30.4 Å². The molecule has 0 spiro atoms. The molecule has 0 saturated carbocycles. The molecular weight excluding hydrogens is 1090 g/mol. The van der Waals surface area contributed by atoms with Crippen LogP contribution in [0.15, 0.2) is 171 Å². The number of aliphatic hydroxyl groups is 1. The van der Waals surface area contributed by atoms with Crippen LogP contribution in [0.1, 0.15) is 63.0 Å². The number of benzene rings is 6. The summed E-state index contributed by atoms with van der Waals surface area (Å²) in [6.45, 7) is 12.7. The monoisotopic (exact) mass is 1150 g/mol. The SMILES string of the molecule is CC1=CC(C)(C)NC2=CC3Oc4cc5c(cc4=C(c4ccccc4C(=O)OCCO)C3C=C12)C(C)=CC(C)(C)[NH+]=5.O=[N+]([O-])c1ccc(N=Nc2ccc(O)cc2O)c(O)c1.O=[N+]([O-])c1ccc(N=Nc2ccc(O)cc2O)c(O)c1.[Co]. The number of allylic oxidation sites excluding steroid dienone is 2. The number of esters is 1. The van der Waals surface area contributed by atoms with E-state index in [4.69, 9.17) is 19.7 Å². The molecule has 2 unspecified atom stereocenters. The second-order valence-electron chi connectivity index (χ2n) is 19.9. The van der Waals surface area contributed by atoms with Crippen molar-refractivity contribution in [3.63, 3.8) is 0 Å². The Labute approximate surface area is 472 Å². The standard InChI is InChI=1S/C34H36N2O4.2C12H9N3O5.Co/c1-19-17-33(3,4)35-27-15-29-25(13-23(19)27)31(21-9-7-8-10-22(21)32(38)39-12-11-37)26-14-24-20(2)18-34(5,6)36-28(24)16-30(26)40-29;2*16-8-2-4-10(12(18)6-8)14-13-9-3-1-7(15(19)20)5-11(9)17;/h7-10,13-18,25,29,35,37H,11-12H2,1-6H3;2*1-6,16-18H;/p+1. The molecule has 0 amide bonds. The van der Waals surface area contributed by atoms with E-state index in [9.17, 15) is 50.6 Å². The number of carbonyl (C=O) groups is 1. The maximum atomic E-state index is 13.2. The number of aliphatic hydroxyl groups excluding tert-OH is 1. The van der Waals surface area contributed by atoms with Crippen LogP contribution in [0.25, 0.3) is 11.1 Å². The van der Waals surface area contributed by atoms with E-state index < -0.39 is 27.3 Å². The Balaban J connectivity index is 0.000000194. The Kier molecular flexibility index (Phi) is 17.6. The molecule has 0 fully saturated rings. The molecule has 0 bridgehead atoms. The number of rotatable bonds is 10. The maximum absolute atomic E-state index is 13.2. The number of carbonyl (C=O) groups excluding carboxylic acids is 1. The van der Waals surface area contributed by atoms with Gasteiger partial charge in [0.05, 0.1) is 45.8 Å². The van der Waals surface area contributed by atoms with E-state index in [1.807, 2.05) is 18.2 Å². The number of phenols is 6. The number of nitro groups is 2. The van der Waals surface area contributed by atoms with Crippen LogP contribution in [0.5, 0.6) is 40.2 Å². The van der Waals surface area contributed by atoms with Gasteiger partial charge in [0.2, 0.25) is 5.36 Å². The summed E-state index contributed by atoms with van der Waals surface area (Å²) in [6, 6.07) is 26.0. The van der Waals surface area contributed by atoms with Crippen molar-refractivity contribution in [2.24, 2.45) is 26.4 Å². The summed E-state index contributed by atoms with van der Waals surface area (Å²) in [6.07, 6.45) is 8.71. The minimum Gasteiger partial charge on any atom is -0.508 e. The molecule has 81 heavy (non-hydrogen) atoms. The minimum atomic E-state index is -0.646. The van der Waals surface area contributed by atoms with Gasteiger partial charge in [0.25, 0.3) is 11.4 Å². The van der Waals surface area contributed by atoms with Crippen molar-refractivity contribution >= 4 is 51.2 Å². The van der Waals surface area contributed by atoms with Crippen molar-refractivity contribution in [3.8, 4) is 40.2 Å². The summed E-state index contributed by atoms with van der Waals surface area (Å²) in [4.78, 5) is 36.6. The fraction of sp³-hybridized carbons (Fsp3) is 0.207. The largest absolute Gasteiger partial charge is 0.508 e. The Morgan fingerprint density at radius 2 is 1.20 bits per heavy atom. The second-order valence-corrected chi connectivity index (χ2v) is 19.9. The molecule has 3 heterocycles. The number of aromatic hydroxyl groups is 6. The van der Waals surface area contributed by atoms with E-state index in [0.29, 0.717) is 5.56 Å². The molecule has 6 aromatic carbocycles. The molecule has 0 aromatic heterocycles. The number of nitro benzene ring substituents is 2. The molecule has 23 heteroatoms. The molecule has 22 nitrogen and oxygen atoms in total. The van der Waals surface area contributed by atoms with Crippen molar-refractivity contribution in [2.45, 2.75) is 58.7 Å². The van der Waals surface area contributed by atoms with Crippen molar-refractivity contribution < 1.29 is 81.6 Å². The van der Waals surface area contributed by atoms with Gasteiger partial charge in [-0.25, -0.2) is 9.79 Å². The predicted octanol–water partition coefficient (Wildman–Crippen LogP) is 8.71. The molecular formula is C58H55CoN8O14+. The fourth-order valence-electron chi connectivity index (χ4n) is 9.44. The Hall–Kier alpha value is -9.71. The number of azo groups is 2. The van der Waals surface area contributed by atoms with E-state index in [1.54, 1.807) is 6.07 Å². The summed E-state index contributed by atoms with van der Waals surface area (Å²) in [5, 5.41) is 107. The van der Waals surface area contributed by atoms with Gasteiger partial charge in [-0.15, -0.1) is 20.5 Å². The van der Waals surface area contributed by atoms with Gasteiger partial charge in [0.1, 0.15) is 75.7 Å². The zero-order valence-electron chi connectivity index (χ0n) is 44.3. The van der Waals surface area contributed by atoms with Crippen LogP contribution in [0.3, 0.4) is 0 Å². The number of nitrogens with one attached hydrogen (secondary N) is 2. The maximum Gasteiger partial charge on any atom is 0.338 e. The second kappa shape index (κ2) is 24.1. The van der Waals surface area contributed by atoms with Gasteiger partial charge < -0.3 is 50.5 Å². The number of non-ortho nitro benzene ring substituents is 2. The zero-order chi connectivity index (χ0) is 57.8. The van der Waals surface area contributed by atoms with Crippen molar-refractivity contribution in [1.29, 1.82) is 0 Å². The first kappa shape index (κ1) is 59.0. The van der Waals surface area contributed by atoms with E-state index in [2.05, 4.69) is 109 Å². The van der Waals surface area contributed by atoms with E-state index in [-0.39, 0.29) is 110 Å². The summed E-state index contributed by atoms with van der Waals surface area (Å²) >= 11 is 0. The van der Waals surface area contributed by atoms with E-state index in [0.717, 1.165) is 68.6 Å². The average Bonchev–Trinajstić information content (AvgIpc) is 3.41. The Morgan fingerprint density at radius 3 is 1.70 bits per heavy atom. The number of ether oxygens (including phenoxy) is 2. The van der Waals surface area contributed by atoms with E-state index in [1.165, 1.54) is 59.7 Å². The molecule has 419 valence electrons. The third kappa shape index (κ3) is 13.6. The molecule has 10 rings (SSSR count). The molecule has 1 aliphatic carbocycles. The van der Waals surface area contributed by atoms with Gasteiger partial charge >= 0.3 is 5.97 Å². The zero-order valence-corrected chi connectivity index (χ0v) is 45.3. The molecule has 1 radical (unpaired) electrons. The Morgan fingerprint density at radius 1 is 0.679 bits per heavy atom. The first-order chi connectivity index (χ1) is 37.9. The first-order valence-electron chi connectivity index (χ1n) is 24.7. The van der Waals surface area contributed by atoms with Crippen molar-refractivity contribution in [3.05, 3.63) is 198 Å². The van der Waals surface area contributed by atoms with Crippen LogP contribution >= 0.6 is 0 Å². The number of phenolic OH excluding ortho intramolecular Hbond substituents is 6. The molecule has 3 aliphatic heterocycles. The Bertz CT molecular complexity index is 3710. The van der Waals surface area contributed by atoms with Crippen molar-refractivity contribution in [1.82, 2.24) is 5.32 Å². The minimum absolute atomic E-state index is 0. The van der Waals surface area contributed by atoms with Crippen LogP contribution in [-0.2, 0) is 21.5 Å². The number of fused-ring (bicyclic) bond motifs is 4. The van der Waals surface area contributed by atoms with Crippen molar-refractivity contribution in [2.75, 3.05) is 13.2 Å². The average molecular weight is 1150 g/mol. The fourth-order valence-corrected chi connectivity index (χ4v) is 9.44. The number of nitrogens with zero attached hydrogens (tertiary/aromatic N) is 6. The first-order valence-corrected chi connectivity index (χ1v) is 24.7. The van der Waals surface area contributed by atoms with Crippen LogP contribution < -0.4 is 25.6 Å².